The van der Waals surface area contributed by atoms with Crippen LogP contribution in [0.15, 0.2) is 53.0 Å². The van der Waals surface area contributed by atoms with E-state index in [1.807, 2.05) is 36.4 Å². The molecule has 1 aromatic heterocycles. The summed E-state index contributed by atoms with van der Waals surface area (Å²) in [5.41, 5.74) is 3.40. The normalized spacial score (nSPS) is 12.3. The Morgan fingerprint density at radius 2 is 2.00 bits per heavy atom. The largest absolute Gasteiger partial charge is 0.497 e. The summed E-state index contributed by atoms with van der Waals surface area (Å²) in [6, 6.07) is 14.7. The van der Waals surface area contributed by atoms with Crippen molar-refractivity contribution in [3.63, 3.8) is 0 Å². The Kier molecular flexibility index (Phi) is 6.62. The van der Waals surface area contributed by atoms with Gasteiger partial charge in [-0.05, 0) is 35.9 Å². The van der Waals surface area contributed by atoms with Crippen LogP contribution in [0.4, 0.5) is 5.82 Å². The van der Waals surface area contributed by atoms with Crippen LogP contribution in [-0.4, -0.2) is 28.7 Å². The smallest absolute Gasteiger partial charge is 0.256 e. The van der Waals surface area contributed by atoms with Gasteiger partial charge in [0.25, 0.3) is 5.91 Å². The summed E-state index contributed by atoms with van der Waals surface area (Å²) in [5.74, 6) is 2.48. The molecule has 0 saturated carbocycles. The predicted octanol–water partition coefficient (Wildman–Crippen LogP) is 3.97. The van der Waals surface area contributed by atoms with Crippen LogP contribution in [0.2, 0.25) is 0 Å². The molecule has 0 saturated heterocycles. The Bertz CT molecular complexity index is 1110. The topological polar surface area (TPSA) is 85.2 Å². The van der Waals surface area contributed by atoms with Crippen molar-refractivity contribution in [1.82, 2.24) is 15.1 Å². The molecule has 1 aliphatic rings. The van der Waals surface area contributed by atoms with Gasteiger partial charge in [0.05, 0.1) is 12.8 Å². The van der Waals surface area contributed by atoms with Gasteiger partial charge < -0.3 is 15.4 Å². The number of ether oxygens (including phenoxy) is 1. The lowest BCUT2D eigenvalue weighted by molar-refractivity contribution is -0.122. The summed E-state index contributed by atoms with van der Waals surface area (Å²) in [6.07, 6.45) is 0. The van der Waals surface area contributed by atoms with E-state index in [1.54, 1.807) is 35.7 Å². The minimum Gasteiger partial charge on any atom is -0.497 e. The Morgan fingerprint density at radius 3 is 2.74 bits per heavy atom. The molecule has 3 aromatic rings. The number of carbonyl (C=O) groups excluding carboxylic acids is 2. The summed E-state index contributed by atoms with van der Waals surface area (Å²) >= 11 is 5.13. The zero-order valence-corrected chi connectivity index (χ0v) is 19.3. The van der Waals surface area contributed by atoms with Gasteiger partial charge in [-0.2, -0.15) is 16.9 Å². The summed E-state index contributed by atoms with van der Waals surface area (Å²) in [7, 11) is 1.61. The molecular weight excluding hydrogens is 480 g/mol. The fourth-order valence-corrected chi connectivity index (χ4v) is 4.70. The molecule has 2 amide bonds. The van der Waals surface area contributed by atoms with Crippen molar-refractivity contribution < 1.29 is 14.3 Å². The summed E-state index contributed by atoms with van der Waals surface area (Å²) in [6.45, 7) is 0.432. The van der Waals surface area contributed by atoms with Gasteiger partial charge in [0, 0.05) is 33.7 Å². The third-order valence-electron chi connectivity index (χ3n) is 4.88. The molecule has 9 heteroatoms. The van der Waals surface area contributed by atoms with E-state index in [2.05, 4.69) is 31.7 Å². The molecule has 7 nitrogen and oxygen atoms in total. The number of hydrogen-bond donors (Lipinski definition) is 2. The third kappa shape index (κ3) is 5.11. The number of halogens is 1. The molecule has 0 atom stereocenters. The van der Waals surface area contributed by atoms with Crippen LogP contribution in [0.25, 0.3) is 0 Å². The number of nitrogens with zero attached hydrogens (tertiary/aromatic N) is 2. The first-order chi connectivity index (χ1) is 15.0. The first-order valence-electron chi connectivity index (χ1n) is 9.66. The molecule has 160 valence electrons. The Morgan fingerprint density at radius 1 is 1.19 bits per heavy atom. The highest BCUT2D eigenvalue weighted by atomic mass is 79.9. The van der Waals surface area contributed by atoms with Gasteiger partial charge in [-0.25, -0.2) is 4.68 Å². The highest BCUT2D eigenvalue weighted by Crippen LogP contribution is 2.35. The number of hydrogen-bond acceptors (Lipinski definition) is 5. The first kappa shape index (κ1) is 21.5. The van der Waals surface area contributed by atoms with Crippen molar-refractivity contribution in [2.24, 2.45) is 0 Å². The van der Waals surface area contributed by atoms with E-state index in [0.717, 1.165) is 38.5 Å². The molecule has 4 rings (SSSR count). The predicted molar refractivity (Wildman–Crippen MR) is 124 cm³/mol. The first-order valence-corrected chi connectivity index (χ1v) is 11.6. The Labute approximate surface area is 192 Å². The van der Waals surface area contributed by atoms with Crippen LogP contribution in [0, 0.1) is 0 Å². The highest BCUT2D eigenvalue weighted by Gasteiger charge is 2.25. The van der Waals surface area contributed by atoms with Gasteiger partial charge in [0.15, 0.2) is 0 Å². The summed E-state index contributed by atoms with van der Waals surface area (Å²) in [4.78, 5) is 25.3. The van der Waals surface area contributed by atoms with Crippen molar-refractivity contribution in [1.29, 1.82) is 0 Å². The van der Waals surface area contributed by atoms with Gasteiger partial charge >= 0.3 is 0 Å². The number of amides is 2. The monoisotopic (exact) mass is 500 g/mol. The number of fused-ring (bicyclic) bond motifs is 1. The van der Waals surface area contributed by atoms with E-state index in [-0.39, 0.29) is 18.4 Å². The minimum absolute atomic E-state index is 0.0297. The fourth-order valence-electron chi connectivity index (χ4n) is 3.27. The number of nitrogens with one attached hydrogen (secondary N) is 2. The lowest BCUT2D eigenvalue weighted by atomic mass is 10.2. The van der Waals surface area contributed by atoms with Gasteiger partial charge in [-0.15, -0.1) is 0 Å². The number of aromatic nitrogens is 2. The SMILES string of the molecule is COc1ccc(CNC(=O)Cn2nc3c(c2NC(=O)c2cccc(Br)c2)CSC3)cc1. The van der Waals surface area contributed by atoms with E-state index in [0.29, 0.717) is 17.9 Å². The number of benzene rings is 2. The second-order valence-electron chi connectivity index (χ2n) is 7.01. The molecule has 31 heavy (non-hydrogen) atoms. The van der Waals surface area contributed by atoms with E-state index in [9.17, 15) is 9.59 Å². The second-order valence-corrected chi connectivity index (χ2v) is 8.91. The molecule has 0 spiro atoms. The van der Waals surface area contributed by atoms with Crippen molar-refractivity contribution in [2.75, 3.05) is 12.4 Å². The molecule has 0 fully saturated rings. The van der Waals surface area contributed by atoms with Crippen LogP contribution in [0.5, 0.6) is 5.75 Å². The molecular formula is C22H21BrN4O3S. The lowest BCUT2D eigenvalue weighted by Crippen LogP contribution is -2.28. The van der Waals surface area contributed by atoms with Crippen LogP contribution in [0.3, 0.4) is 0 Å². The zero-order valence-electron chi connectivity index (χ0n) is 16.9. The standard InChI is InChI=1S/C22H21BrN4O3S/c1-30-17-7-5-14(6-8-17)10-24-20(28)11-27-21(18-12-31-13-19(18)26-27)25-22(29)15-3-2-4-16(23)9-15/h2-9H,10-13H2,1H3,(H,24,28)(H,25,29). The Balaban J connectivity index is 1.45. The minimum atomic E-state index is -0.235. The average molecular weight is 501 g/mol. The van der Waals surface area contributed by atoms with Crippen LogP contribution in [0.1, 0.15) is 27.2 Å². The number of methoxy groups -OCH3 is 1. The van der Waals surface area contributed by atoms with E-state index >= 15 is 0 Å². The van der Waals surface area contributed by atoms with E-state index in [1.165, 1.54) is 0 Å². The molecule has 2 N–H and O–H groups in total. The molecule has 0 radical (unpaired) electrons. The fraction of sp³-hybridized carbons (Fsp3) is 0.227. The second kappa shape index (κ2) is 9.57. The molecule has 0 aliphatic carbocycles. The number of carbonyl (C=O) groups is 2. The number of anilines is 1. The van der Waals surface area contributed by atoms with E-state index in [4.69, 9.17) is 4.74 Å². The number of thioether (sulfide) groups is 1. The highest BCUT2D eigenvalue weighted by molar-refractivity contribution is 9.10. The van der Waals surface area contributed by atoms with Gasteiger partial charge in [0.1, 0.15) is 18.1 Å². The third-order valence-corrected chi connectivity index (χ3v) is 6.34. The lowest BCUT2D eigenvalue weighted by Gasteiger charge is -2.12. The van der Waals surface area contributed by atoms with Gasteiger partial charge in [-0.1, -0.05) is 34.1 Å². The van der Waals surface area contributed by atoms with Crippen LogP contribution >= 0.6 is 27.7 Å². The van der Waals surface area contributed by atoms with Crippen LogP contribution in [-0.2, 0) is 29.4 Å². The summed E-state index contributed by atoms with van der Waals surface area (Å²) in [5, 5.41) is 10.4. The van der Waals surface area contributed by atoms with Crippen molar-refractivity contribution in [3.05, 3.63) is 75.4 Å². The van der Waals surface area contributed by atoms with Crippen molar-refractivity contribution in [3.8, 4) is 5.75 Å². The van der Waals surface area contributed by atoms with E-state index < -0.39 is 0 Å². The van der Waals surface area contributed by atoms with Gasteiger partial charge in [-0.3, -0.25) is 9.59 Å². The maximum Gasteiger partial charge on any atom is 0.256 e. The average Bonchev–Trinajstić information content (AvgIpc) is 3.35. The zero-order chi connectivity index (χ0) is 21.8. The Hall–Kier alpha value is -2.78. The molecule has 0 bridgehead atoms. The molecule has 1 aliphatic heterocycles. The quantitative estimate of drug-likeness (QED) is 0.512. The van der Waals surface area contributed by atoms with Crippen LogP contribution < -0.4 is 15.4 Å². The van der Waals surface area contributed by atoms with Gasteiger partial charge in [0.2, 0.25) is 5.91 Å². The maximum atomic E-state index is 12.8. The summed E-state index contributed by atoms with van der Waals surface area (Å²) < 4.78 is 7.56. The molecule has 0 unspecified atom stereocenters. The number of rotatable bonds is 7. The molecule has 2 heterocycles. The maximum absolute atomic E-state index is 12.8. The van der Waals surface area contributed by atoms with Crippen molar-refractivity contribution in [2.45, 2.75) is 24.6 Å². The molecule has 2 aromatic carbocycles. The van der Waals surface area contributed by atoms with Crippen molar-refractivity contribution >= 4 is 45.3 Å².